The van der Waals surface area contributed by atoms with Gasteiger partial charge in [-0.15, -0.1) is 0 Å². The van der Waals surface area contributed by atoms with Gasteiger partial charge in [-0.3, -0.25) is 39.2 Å². The van der Waals surface area contributed by atoms with E-state index in [0.717, 1.165) is 45.3 Å². The summed E-state index contributed by atoms with van der Waals surface area (Å²) in [6.07, 6.45) is -2.92. The van der Waals surface area contributed by atoms with Crippen molar-refractivity contribution in [3.8, 4) is 0 Å². The van der Waals surface area contributed by atoms with Crippen LogP contribution >= 0.6 is 0 Å². The first-order valence-corrected chi connectivity index (χ1v) is 12.1. The molecule has 0 spiro atoms. The maximum Gasteiger partial charge on any atom is 0.303 e. The van der Waals surface area contributed by atoms with Crippen LogP contribution in [0.4, 0.5) is 22.9 Å². The number of nitrogens with two attached hydrogens (primary N) is 1. The Morgan fingerprint density at radius 1 is 1.02 bits per heavy atom. The summed E-state index contributed by atoms with van der Waals surface area (Å²) < 4.78 is 23.8. The Hall–Kier alpha value is -5.46. The number of nitrogen functional groups attached to an aromatic ring is 1. The lowest BCUT2D eigenvalue weighted by molar-refractivity contribution is -0.393. The summed E-state index contributed by atoms with van der Waals surface area (Å²) >= 11 is 0. The van der Waals surface area contributed by atoms with Gasteiger partial charge in [0.2, 0.25) is 0 Å². The molecular weight excluding hydrogens is 564 g/mol. The van der Waals surface area contributed by atoms with E-state index in [1.54, 1.807) is 0 Å². The molecule has 0 saturated carbocycles. The molecule has 4 rings (SSSR count). The highest BCUT2D eigenvalue weighted by Gasteiger charge is 2.52. The standard InChI is InChI=1S/C23H24N8O11/c1-10(32)39-7-16-19(40-11(2)33)20(41-12(3)34)17(28-14-5-4-13(30(35)36)6-15(14)31(37)38)23(42-16)29-9-27-18-21(24)25-8-26-22(18)29/h4-6,8-9,16-17,19-20,23,28H,7H2,1-3H3,(H2,24,25,26)/t16-,17-,19+,20+,23+/m0/s1. The Labute approximate surface area is 235 Å². The number of nitro benzene ring substituents is 2. The molecule has 3 aromatic rings. The third kappa shape index (κ3) is 6.14. The number of nitrogens with zero attached hydrogens (tertiary/aromatic N) is 6. The minimum Gasteiger partial charge on any atom is -0.463 e. The third-order valence-corrected chi connectivity index (χ3v) is 6.09. The highest BCUT2D eigenvalue weighted by Crippen LogP contribution is 2.38. The molecular formula is C23H24N8O11. The van der Waals surface area contributed by atoms with Crippen LogP contribution in [0.2, 0.25) is 0 Å². The van der Waals surface area contributed by atoms with Gasteiger partial charge in [0.15, 0.2) is 29.9 Å². The van der Waals surface area contributed by atoms with E-state index in [-0.39, 0.29) is 22.7 Å². The fraction of sp³-hybridized carbons (Fsp3) is 0.391. The number of hydrogen-bond donors (Lipinski definition) is 2. The van der Waals surface area contributed by atoms with Gasteiger partial charge < -0.3 is 30.0 Å². The second kappa shape index (κ2) is 12.0. The minimum absolute atomic E-state index is 0.0239. The number of ether oxygens (including phenoxy) is 4. The monoisotopic (exact) mass is 588 g/mol. The van der Waals surface area contributed by atoms with Crippen LogP contribution < -0.4 is 11.1 Å². The number of nitro groups is 2. The largest absolute Gasteiger partial charge is 0.463 e. The summed E-state index contributed by atoms with van der Waals surface area (Å²) in [5.41, 5.74) is 4.80. The smallest absolute Gasteiger partial charge is 0.303 e. The zero-order chi connectivity index (χ0) is 30.7. The summed E-state index contributed by atoms with van der Waals surface area (Å²) in [6.45, 7) is 2.87. The zero-order valence-corrected chi connectivity index (χ0v) is 22.2. The van der Waals surface area contributed by atoms with Crippen LogP contribution in [0, 0.1) is 20.2 Å². The average molecular weight is 588 g/mol. The van der Waals surface area contributed by atoms with Crippen LogP contribution in [0.3, 0.4) is 0 Å². The van der Waals surface area contributed by atoms with Crippen LogP contribution in [0.25, 0.3) is 11.2 Å². The van der Waals surface area contributed by atoms with Gasteiger partial charge in [0, 0.05) is 26.8 Å². The van der Waals surface area contributed by atoms with Crippen molar-refractivity contribution in [1.82, 2.24) is 19.5 Å². The van der Waals surface area contributed by atoms with Crippen LogP contribution in [-0.4, -0.2) is 78.2 Å². The first kappa shape index (κ1) is 29.5. The fourth-order valence-corrected chi connectivity index (χ4v) is 4.45. The van der Waals surface area contributed by atoms with Crippen molar-refractivity contribution < 1.29 is 43.2 Å². The predicted molar refractivity (Wildman–Crippen MR) is 139 cm³/mol. The molecule has 0 bridgehead atoms. The van der Waals surface area contributed by atoms with Gasteiger partial charge >= 0.3 is 17.9 Å². The summed E-state index contributed by atoms with van der Waals surface area (Å²) in [6, 6.07) is 1.56. The van der Waals surface area contributed by atoms with Crippen molar-refractivity contribution in [3.05, 3.63) is 51.1 Å². The summed E-state index contributed by atoms with van der Waals surface area (Å²) in [5.74, 6) is -2.29. The number of nitrogens with one attached hydrogen (secondary N) is 1. The molecule has 0 radical (unpaired) electrons. The van der Waals surface area contributed by atoms with Gasteiger partial charge in [-0.05, 0) is 6.07 Å². The molecule has 0 unspecified atom stereocenters. The number of benzene rings is 1. The molecule has 1 fully saturated rings. The van der Waals surface area contributed by atoms with Crippen molar-refractivity contribution in [3.63, 3.8) is 0 Å². The van der Waals surface area contributed by atoms with Crippen LogP contribution in [0.1, 0.15) is 27.0 Å². The van der Waals surface area contributed by atoms with E-state index in [1.807, 2.05) is 0 Å². The Morgan fingerprint density at radius 2 is 1.71 bits per heavy atom. The van der Waals surface area contributed by atoms with Crippen LogP contribution in [0.5, 0.6) is 0 Å². The van der Waals surface area contributed by atoms with Gasteiger partial charge in [-0.25, -0.2) is 15.0 Å². The summed E-state index contributed by atoms with van der Waals surface area (Å²) in [5, 5.41) is 26.0. The van der Waals surface area contributed by atoms with E-state index >= 15 is 0 Å². The first-order valence-electron chi connectivity index (χ1n) is 12.1. The van der Waals surface area contributed by atoms with E-state index in [0.29, 0.717) is 0 Å². The van der Waals surface area contributed by atoms with E-state index < -0.39 is 76.3 Å². The number of rotatable bonds is 9. The minimum atomic E-state index is -1.43. The van der Waals surface area contributed by atoms with E-state index in [2.05, 4.69) is 20.3 Å². The van der Waals surface area contributed by atoms with Gasteiger partial charge in [0.05, 0.1) is 22.2 Å². The molecule has 5 atom stereocenters. The highest BCUT2D eigenvalue weighted by atomic mass is 16.6. The number of fused-ring (bicyclic) bond motifs is 1. The SMILES string of the molecule is CC(=O)OC[C@@H]1O[C@@H](n2cnc3c(N)ncnc32)[C@@H](Nc2ccc([N+](=O)[O-])cc2[N+](=O)[O-])[C@@H](OC(C)=O)[C@@H]1OC(C)=O. The number of carbonyl (C=O) groups excluding carboxylic acids is 3. The molecule has 1 aromatic carbocycles. The van der Waals surface area contributed by atoms with Gasteiger partial charge in [-0.1, -0.05) is 0 Å². The number of anilines is 2. The van der Waals surface area contributed by atoms with Gasteiger partial charge in [0.1, 0.15) is 36.3 Å². The van der Waals surface area contributed by atoms with Crippen LogP contribution in [0.15, 0.2) is 30.9 Å². The highest BCUT2D eigenvalue weighted by molar-refractivity contribution is 5.81. The van der Waals surface area contributed by atoms with Crippen LogP contribution in [-0.2, 0) is 33.3 Å². The number of imidazole rings is 1. The molecule has 1 saturated heterocycles. The zero-order valence-electron chi connectivity index (χ0n) is 22.2. The molecule has 1 aliphatic rings. The second-order valence-corrected chi connectivity index (χ2v) is 8.98. The number of carbonyl (C=O) groups is 3. The lowest BCUT2D eigenvalue weighted by Crippen LogP contribution is -2.61. The lowest BCUT2D eigenvalue weighted by atomic mass is 9.94. The van der Waals surface area contributed by atoms with E-state index in [4.69, 9.17) is 24.7 Å². The fourth-order valence-electron chi connectivity index (χ4n) is 4.45. The maximum absolute atomic E-state index is 12.3. The van der Waals surface area contributed by atoms with Crippen molar-refractivity contribution in [2.24, 2.45) is 0 Å². The molecule has 19 nitrogen and oxygen atoms in total. The average Bonchev–Trinajstić information content (AvgIpc) is 3.34. The van der Waals surface area contributed by atoms with Crippen molar-refractivity contribution in [2.45, 2.75) is 51.4 Å². The molecule has 1 aliphatic heterocycles. The Bertz CT molecular complexity index is 1560. The Morgan fingerprint density at radius 3 is 2.33 bits per heavy atom. The van der Waals surface area contributed by atoms with E-state index in [9.17, 15) is 34.6 Å². The number of hydrogen-bond acceptors (Lipinski definition) is 16. The molecule has 3 N–H and O–H groups in total. The van der Waals surface area contributed by atoms with Crippen molar-refractivity contribution in [1.29, 1.82) is 0 Å². The summed E-state index contributed by atoms with van der Waals surface area (Å²) in [4.78, 5) is 69.9. The molecule has 3 heterocycles. The van der Waals surface area contributed by atoms with E-state index in [1.165, 1.54) is 10.9 Å². The third-order valence-electron chi connectivity index (χ3n) is 6.09. The Balaban J connectivity index is 1.91. The number of aromatic nitrogens is 4. The van der Waals surface area contributed by atoms with Gasteiger partial charge in [-0.2, -0.15) is 0 Å². The molecule has 0 aliphatic carbocycles. The summed E-state index contributed by atoms with van der Waals surface area (Å²) in [7, 11) is 0. The normalized spacial score (nSPS) is 21.7. The molecule has 2 aromatic heterocycles. The lowest BCUT2D eigenvalue weighted by Gasteiger charge is -2.45. The molecule has 42 heavy (non-hydrogen) atoms. The van der Waals surface area contributed by atoms with Crippen molar-refractivity contribution in [2.75, 3.05) is 17.7 Å². The maximum atomic E-state index is 12.3. The number of esters is 3. The molecule has 222 valence electrons. The quantitative estimate of drug-likeness (QED) is 0.153. The van der Waals surface area contributed by atoms with Gasteiger partial charge in [0.25, 0.3) is 11.4 Å². The predicted octanol–water partition coefficient (Wildman–Crippen LogP) is 1.03. The Kier molecular flexibility index (Phi) is 8.41. The van der Waals surface area contributed by atoms with Crippen molar-refractivity contribution >= 4 is 52.0 Å². The molecule has 19 heteroatoms. The molecule has 0 amide bonds. The second-order valence-electron chi connectivity index (χ2n) is 8.98. The first-order chi connectivity index (χ1) is 19.9. The topological polar surface area (TPSA) is 256 Å². The number of non-ortho nitro benzene ring substituents is 1.